The zero-order valence-electron chi connectivity index (χ0n) is 34.8. The van der Waals surface area contributed by atoms with Crippen molar-refractivity contribution in [2.75, 3.05) is 6.54 Å². The van der Waals surface area contributed by atoms with Crippen LogP contribution < -0.4 is 4.74 Å². The van der Waals surface area contributed by atoms with Crippen molar-refractivity contribution < 1.29 is 55.3 Å². The number of carbonyl (C=O) groups excluding carboxylic acids is 4. The van der Waals surface area contributed by atoms with Gasteiger partial charge in [-0.1, -0.05) is 151 Å². The standard InChI is InChI=1S/C47H60F5NO7/c1-2-3-4-5-6-7-11-14-23-32-53(38(54)28-21-12-9-8-10-13-22-29-39(55)58-33-35-24-17-15-18-25-35)37(47(57)59-34-36-26-19-16-20-27-36)30-31-40(56)60-46-44(51)42(49)41(48)43(50)45(46)52/h15-20,24-27,37H,2-14,21-23,28-34H2,1H3/t37-/m1/s1. The first-order valence-electron chi connectivity index (χ1n) is 21.4. The maximum absolute atomic E-state index is 14.3. The van der Waals surface area contributed by atoms with Crippen LogP contribution in [0.4, 0.5) is 22.0 Å². The predicted octanol–water partition coefficient (Wildman–Crippen LogP) is 11.8. The van der Waals surface area contributed by atoms with E-state index in [-0.39, 0.29) is 44.5 Å². The highest BCUT2D eigenvalue weighted by Gasteiger charge is 2.33. The molecule has 0 aliphatic carbocycles. The van der Waals surface area contributed by atoms with Crippen molar-refractivity contribution in [2.45, 2.75) is 155 Å². The fourth-order valence-corrected chi connectivity index (χ4v) is 6.75. The molecule has 0 aliphatic rings. The molecule has 0 aromatic heterocycles. The topological polar surface area (TPSA) is 99.2 Å². The molecule has 1 amide bonds. The first-order chi connectivity index (χ1) is 29.0. The summed E-state index contributed by atoms with van der Waals surface area (Å²) in [6, 6.07) is 17.0. The van der Waals surface area contributed by atoms with E-state index in [1.54, 1.807) is 30.3 Å². The van der Waals surface area contributed by atoms with E-state index in [4.69, 9.17) is 9.47 Å². The molecule has 3 aromatic carbocycles. The van der Waals surface area contributed by atoms with Gasteiger partial charge >= 0.3 is 17.9 Å². The fourth-order valence-electron chi connectivity index (χ4n) is 6.75. The Hall–Kier alpha value is -4.81. The summed E-state index contributed by atoms with van der Waals surface area (Å²) in [5.41, 5.74) is 1.61. The highest BCUT2D eigenvalue weighted by Crippen LogP contribution is 2.30. The number of benzene rings is 3. The molecular formula is C47H60F5NO7. The monoisotopic (exact) mass is 845 g/mol. The Morgan fingerprint density at radius 3 is 1.50 bits per heavy atom. The Balaban J connectivity index is 1.60. The van der Waals surface area contributed by atoms with Gasteiger partial charge in [-0.05, 0) is 36.8 Å². The van der Waals surface area contributed by atoms with Gasteiger partial charge in [0.2, 0.25) is 40.7 Å². The van der Waals surface area contributed by atoms with Crippen LogP contribution in [-0.2, 0) is 41.9 Å². The highest BCUT2D eigenvalue weighted by atomic mass is 19.2. The molecular weight excluding hydrogens is 786 g/mol. The Labute approximate surface area is 351 Å². The van der Waals surface area contributed by atoms with Gasteiger partial charge in [0.05, 0.1) is 0 Å². The van der Waals surface area contributed by atoms with Gasteiger partial charge in [0.1, 0.15) is 19.3 Å². The second-order valence-corrected chi connectivity index (χ2v) is 15.1. The minimum Gasteiger partial charge on any atom is -0.461 e. The third-order valence-electron chi connectivity index (χ3n) is 10.2. The van der Waals surface area contributed by atoms with Crippen LogP contribution in [-0.4, -0.2) is 41.3 Å². The molecule has 3 aromatic rings. The number of nitrogens with zero attached hydrogens (tertiary/aromatic N) is 1. The molecule has 0 N–H and O–H groups in total. The van der Waals surface area contributed by atoms with E-state index < -0.39 is 59.2 Å². The highest BCUT2D eigenvalue weighted by molar-refractivity contribution is 5.85. The van der Waals surface area contributed by atoms with Gasteiger partial charge in [0, 0.05) is 25.8 Å². The summed E-state index contributed by atoms with van der Waals surface area (Å²) in [5.74, 6) is -16.0. The third-order valence-corrected chi connectivity index (χ3v) is 10.2. The van der Waals surface area contributed by atoms with E-state index >= 15 is 0 Å². The van der Waals surface area contributed by atoms with Crippen LogP contribution >= 0.6 is 0 Å². The van der Waals surface area contributed by atoms with Crippen molar-refractivity contribution in [3.63, 3.8) is 0 Å². The van der Waals surface area contributed by atoms with Crippen molar-refractivity contribution in [1.29, 1.82) is 0 Å². The van der Waals surface area contributed by atoms with Crippen molar-refractivity contribution in [2.24, 2.45) is 0 Å². The molecule has 3 rings (SSSR count). The fraction of sp³-hybridized carbons (Fsp3) is 0.532. The van der Waals surface area contributed by atoms with Crippen LogP contribution in [0.5, 0.6) is 5.75 Å². The van der Waals surface area contributed by atoms with Crippen molar-refractivity contribution in [3.8, 4) is 5.75 Å². The normalized spacial score (nSPS) is 11.6. The lowest BCUT2D eigenvalue weighted by Gasteiger charge is -2.30. The van der Waals surface area contributed by atoms with Gasteiger partial charge in [-0.2, -0.15) is 8.78 Å². The van der Waals surface area contributed by atoms with Crippen molar-refractivity contribution >= 4 is 23.8 Å². The number of amides is 1. The Morgan fingerprint density at radius 2 is 0.967 bits per heavy atom. The lowest BCUT2D eigenvalue weighted by molar-refractivity contribution is -0.157. The minimum atomic E-state index is -2.40. The summed E-state index contributed by atoms with van der Waals surface area (Å²) in [7, 11) is 0. The summed E-state index contributed by atoms with van der Waals surface area (Å²) < 4.78 is 85.3. The molecule has 0 aliphatic heterocycles. The predicted molar refractivity (Wildman–Crippen MR) is 218 cm³/mol. The molecule has 330 valence electrons. The summed E-state index contributed by atoms with van der Waals surface area (Å²) in [6.45, 7) is 2.47. The van der Waals surface area contributed by atoms with E-state index in [0.717, 1.165) is 82.6 Å². The van der Waals surface area contributed by atoms with Crippen molar-refractivity contribution in [3.05, 3.63) is 101 Å². The number of unbranched alkanes of at least 4 members (excludes halogenated alkanes) is 14. The summed E-state index contributed by atoms with van der Waals surface area (Å²) in [6.07, 6.45) is 14.0. The molecule has 0 heterocycles. The van der Waals surface area contributed by atoms with Crippen LogP contribution in [0.15, 0.2) is 60.7 Å². The number of carbonyl (C=O) groups is 4. The molecule has 0 radical (unpaired) electrons. The zero-order chi connectivity index (χ0) is 43.5. The molecule has 0 saturated heterocycles. The van der Waals surface area contributed by atoms with Crippen LogP contribution in [0.3, 0.4) is 0 Å². The van der Waals surface area contributed by atoms with Crippen molar-refractivity contribution in [1.82, 2.24) is 4.90 Å². The van der Waals surface area contributed by atoms with E-state index in [0.29, 0.717) is 24.8 Å². The number of rotatable bonds is 30. The number of hydrogen-bond donors (Lipinski definition) is 0. The molecule has 0 spiro atoms. The van der Waals surface area contributed by atoms with Crippen LogP contribution in [0.25, 0.3) is 0 Å². The molecule has 1 atom stereocenters. The van der Waals surface area contributed by atoms with Crippen LogP contribution in [0.2, 0.25) is 0 Å². The molecule has 60 heavy (non-hydrogen) atoms. The molecule has 0 saturated carbocycles. The van der Waals surface area contributed by atoms with Crippen LogP contribution in [0.1, 0.15) is 146 Å². The maximum atomic E-state index is 14.3. The Morgan fingerprint density at radius 1 is 0.517 bits per heavy atom. The van der Waals surface area contributed by atoms with Gasteiger partial charge in [-0.3, -0.25) is 14.4 Å². The summed E-state index contributed by atoms with van der Waals surface area (Å²) in [5, 5.41) is 0. The smallest absolute Gasteiger partial charge is 0.329 e. The molecule has 0 bridgehead atoms. The van der Waals surface area contributed by atoms with Gasteiger partial charge in [0.25, 0.3) is 0 Å². The van der Waals surface area contributed by atoms with Gasteiger partial charge in [-0.15, -0.1) is 0 Å². The minimum absolute atomic E-state index is 0.113. The molecule has 13 heteroatoms. The maximum Gasteiger partial charge on any atom is 0.329 e. The number of halogens is 5. The van der Waals surface area contributed by atoms with Crippen LogP contribution in [0, 0.1) is 29.1 Å². The molecule has 0 unspecified atom stereocenters. The van der Waals surface area contributed by atoms with E-state index in [9.17, 15) is 41.1 Å². The number of hydrogen-bond acceptors (Lipinski definition) is 7. The Bertz CT molecular complexity index is 1720. The van der Waals surface area contributed by atoms with E-state index in [2.05, 4.69) is 11.7 Å². The number of esters is 3. The quantitative estimate of drug-likeness (QED) is 0.0164. The van der Waals surface area contributed by atoms with E-state index in [1.807, 2.05) is 30.3 Å². The lowest BCUT2D eigenvalue weighted by Crippen LogP contribution is -2.46. The Kier molecular flexibility index (Phi) is 23.6. The lowest BCUT2D eigenvalue weighted by atomic mass is 10.0. The summed E-state index contributed by atoms with van der Waals surface area (Å²) >= 11 is 0. The zero-order valence-corrected chi connectivity index (χ0v) is 34.8. The summed E-state index contributed by atoms with van der Waals surface area (Å²) in [4.78, 5) is 53.9. The SMILES string of the molecule is CCCCCCCCCCCN(C(=O)CCCCCCCCCC(=O)OCc1ccccc1)[C@H](CCC(=O)Oc1c(F)c(F)c(F)c(F)c1F)C(=O)OCc1ccccc1. The molecule has 8 nitrogen and oxygen atoms in total. The third kappa shape index (κ3) is 18.2. The largest absolute Gasteiger partial charge is 0.461 e. The second-order valence-electron chi connectivity index (χ2n) is 15.1. The first-order valence-corrected chi connectivity index (χ1v) is 21.4. The first kappa shape index (κ1) is 49.6. The molecule has 0 fully saturated rings. The number of ether oxygens (including phenoxy) is 3. The average molecular weight is 846 g/mol. The van der Waals surface area contributed by atoms with Gasteiger partial charge in [-0.25, -0.2) is 18.0 Å². The van der Waals surface area contributed by atoms with Gasteiger partial charge < -0.3 is 19.1 Å². The van der Waals surface area contributed by atoms with E-state index in [1.165, 1.54) is 17.7 Å². The van der Waals surface area contributed by atoms with Gasteiger partial charge in [0.15, 0.2) is 0 Å². The second kappa shape index (κ2) is 28.6. The average Bonchev–Trinajstić information content (AvgIpc) is 3.26.